The van der Waals surface area contributed by atoms with Crippen LogP contribution in [0.3, 0.4) is 0 Å². The monoisotopic (exact) mass is 370 g/mol. The number of rotatable bonds is 7. The topological polar surface area (TPSA) is 18.5 Å². The zero-order valence-corrected chi connectivity index (χ0v) is 20.6. The fraction of sp³-hybridized carbons (Fsp3) is 1.00. The summed E-state index contributed by atoms with van der Waals surface area (Å²) < 4.78 is 0. The van der Waals surface area contributed by atoms with Crippen LogP contribution < -0.4 is 0 Å². The number of hydrogen-bond donors (Lipinski definition) is 0. The van der Waals surface area contributed by atoms with Crippen molar-refractivity contribution in [1.29, 1.82) is 0 Å². The van der Waals surface area contributed by atoms with E-state index < -0.39 is 0 Å². The van der Waals surface area contributed by atoms with Gasteiger partial charge in [-0.1, -0.05) is 110 Å². The molecular weight excluding hydrogens is 320 g/mol. The Morgan fingerprint density at radius 1 is 0.423 bits per heavy atom. The van der Waals surface area contributed by atoms with E-state index >= 15 is 0 Å². The minimum absolute atomic E-state index is 0.0328. The van der Waals surface area contributed by atoms with E-state index in [0.717, 1.165) is 25.7 Å². The standard InChI is InChI=1S/C24H50O2/c1-15-17-23(19(3,4)5,20(6,7)8)25-26-24(18-16-2,21(9,10)11)22(12,13)14/h15-18H2,1-14H3. The van der Waals surface area contributed by atoms with Gasteiger partial charge >= 0.3 is 0 Å². The van der Waals surface area contributed by atoms with Crippen molar-refractivity contribution in [3.8, 4) is 0 Å². The van der Waals surface area contributed by atoms with Crippen molar-refractivity contribution in [2.24, 2.45) is 21.7 Å². The van der Waals surface area contributed by atoms with Crippen LogP contribution in [0.2, 0.25) is 0 Å². The molecule has 0 radical (unpaired) electrons. The van der Waals surface area contributed by atoms with Gasteiger partial charge in [0.25, 0.3) is 0 Å². The molecule has 0 unspecified atom stereocenters. The maximum atomic E-state index is 6.67. The van der Waals surface area contributed by atoms with Gasteiger partial charge in [0.05, 0.1) is 0 Å². The van der Waals surface area contributed by atoms with Gasteiger partial charge in [-0.3, -0.25) is 0 Å². The molecule has 26 heavy (non-hydrogen) atoms. The summed E-state index contributed by atoms with van der Waals surface area (Å²) in [6.07, 6.45) is 4.11. The third-order valence-electron chi connectivity index (χ3n) is 6.38. The molecule has 0 bridgehead atoms. The molecular formula is C24H50O2. The SMILES string of the molecule is CCCC(OOC(CCC)(C(C)(C)C)C(C)(C)C)(C(C)(C)C)C(C)(C)C. The van der Waals surface area contributed by atoms with Crippen LogP contribution >= 0.6 is 0 Å². The summed E-state index contributed by atoms with van der Waals surface area (Å²) in [5.41, 5.74) is -0.845. The molecule has 0 aromatic heterocycles. The first-order valence-corrected chi connectivity index (χ1v) is 10.7. The van der Waals surface area contributed by atoms with E-state index in [1.165, 1.54) is 0 Å². The summed E-state index contributed by atoms with van der Waals surface area (Å²) in [4.78, 5) is 13.3. The predicted molar refractivity (Wildman–Crippen MR) is 115 cm³/mol. The molecule has 0 N–H and O–H groups in total. The molecule has 0 rings (SSSR count). The van der Waals surface area contributed by atoms with E-state index in [4.69, 9.17) is 9.78 Å². The fourth-order valence-corrected chi connectivity index (χ4v) is 5.18. The Morgan fingerprint density at radius 2 is 0.615 bits per heavy atom. The third kappa shape index (κ3) is 4.85. The van der Waals surface area contributed by atoms with E-state index in [1.54, 1.807) is 0 Å². The average Bonchev–Trinajstić information content (AvgIpc) is 2.36. The first-order chi connectivity index (χ1) is 11.3. The molecule has 0 aromatic carbocycles. The van der Waals surface area contributed by atoms with Gasteiger partial charge in [0.2, 0.25) is 0 Å². The Balaban J connectivity index is 6.28. The van der Waals surface area contributed by atoms with Gasteiger partial charge in [-0.2, -0.15) is 0 Å². The van der Waals surface area contributed by atoms with Gasteiger partial charge in [-0.25, -0.2) is 9.78 Å². The lowest BCUT2D eigenvalue weighted by Gasteiger charge is -2.57. The van der Waals surface area contributed by atoms with Gasteiger partial charge in [0.1, 0.15) is 11.2 Å². The number of hydrogen-bond acceptors (Lipinski definition) is 2. The van der Waals surface area contributed by atoms with Crippen molar-refractivity contribution < 1.29 is 9.78 Å². The van der Waals surface area contributed by atoms with Crippen LogP contribution in [0.25, 0.3) is 0 Å². The highest BCUT2D eigenvalue weighted by Gasteiger charge is 2.57. The Bertz CT molecular complexity index is 351. The maximum Gasteiger partial charge on any atom is 0.113 e. The Labute approximate surface area is 165 Å². The zero-order chi connectivity index (χ0) is 21.2. The molecule has 0 saturated heterocycles. The van der Waals surface area contributed by atoms with Gasteiger partial charge < -0.3 is 0 Å². The molecule has 0 atom stereocenters. The summed E-state index contributed by atoms with van der Waals surface area (Å²) in [5, 5.41) is 0. The summed E-state index contributed by atoms with van der Waals surface area (Å²) in [5.74, 6) is 0. The van der Waals surface area contributed by atoms with E-state index in [1.807, 2.05) is 0 Å². The van der Waals surface area contributed by atoms with Crippen molar-refractivity contribution >= 4 is 0 Å². The second-order valence-corrected chi connectivity index (χ2v) is 12.3. The molecule has 0 aliphatic rings. The minimum atomic E-state index is -0.357. The van der Waals surface area contributed by atoms with Crippen LogP contribution in [0, 0.1) is 21.7 Å². The Kier molecular flexibility index (Phi) is 8.09. The van der Waals surface area contributed by atoms with Crippen molar-refractivity contribution in [3.63, 3.8) is 0 Å². The highest BCUT2D eigenvalue weighted by atomic mass is 17.2. The Hall–Kier alpha value is -0.0800. The summed E-state index contributed by atoms with van der Waals surface area (Å²) in [6, 6.07) is 0. The Morgan fingerprint density at radius 3 is 0.731 bits per heavy atom. The second-order valence-electron chi connectivity index (χ2n) is 12.3. The average molecular weight is 371 g/mol. The molecule has 0 fully saturated rings. The van der Waals surface area contributed by atoms with Crippen LogP contribution in [0.15, 0.2) is 0 Å². The summed E-state index contributed by atoms with van der Waals surface area (Å²) in [7, 11) is 0. The highest BCUT2D eigenvalue weighted by molar-refractivity contribution is 5.03. The quantitative estimate of drug-likeness (QED) is 0.332. The van der Waals surface area contributed by atoms with Gasteiger partial charge in [0.15, 0.2) is 0 Å². The third-order valence-corrected chi connectivity index (χ3v) is 6.38. The minimum Gasteiger partial charge on any atom is -0.228 e. The van der Waals surface area contributed by atoms with Crippen LogP contribution in [0.4, 0.5) is 0 Å². The molecule has 0 spiro atoms. The fourth-order valence-electron chi connectivity index (χ4n) is 5.18. The maximum absolute atomic E-state index is 6.67. The molecule has 2 heteroatoms. The zero-order valence-electron chi connectivity index (χ0n) is 20.6. The molecule has 0 aromatic rings. The highest BCUT2D eigenvalue weighted by Crippen LogP contribution is 2.55. The first-order valence-electron chi connectivity index (χ1n) is 10.7. The lowest BCUT2D eigenvalue weighted by Crippen LogP contribution is -2.60. The second kappa shape index (κ2) is 8.11. The van der Waals surface area contributed by atoms with Gasteiger partial charge in [0, 0.05) is 0 Å². The van der Waals surface area contributed by atoms with Crippen molar-refractivity contribution in [1.82, 2.24) is 0 Å². The van der Waals surface area contributed by atoms with E-state index in [0.29, 0.717) is 0 Å². The van der Waals surface area contributed by atoms with Crippen LogP contribution in [-0.2, 0) is 9.78 Å². The smallest absolute Gasteiger partial charge is 0.113 e. The molecule has 158 valence electrons. The lowest BCUT2D eigenvalue weighted by molar-refractivity contribution is -0.477. The largest absolute Gasteiger partial charge is 0.228 e. The molecule has 0 saturated carbocycles. The normalized spacial score (nSPS) is 15.5. The summed E-state index contributed by atoms with van der Waals surface area (Å²) in [6.45, 7) is 31.9. The van der Waals surface area contributed by atoms with E-state index in [-0.39, 0.29) is 32.9 Å². The molecule has 2 nitrogen and oxygen atoms in total. The van der Waals surface area contributed by atoms with E-state index in [2.05, 4.69) is 96.9 Å². The van der Waals surface area contributed by atoms with Crippen molar-refractivity contribution in [2.45, 2.75) is 134 Å². The van der Waals surface area contributed by atoms with Crippen LogP contribution in [0.1, 0.15) is 123 Å². The van der Waals surface area contributed by atoms with Crippen molar-refractivity contribution in [3.05, 3.63) is 0 Å². The molecule has 0 aliphatic heterocycles. The summed E-state index contributed by atoms with van der Waals surface area (Å²) >= 11 is 0. The van der Waals surface area contributed by atoms with Gasteiger partial charge in [-0.05, 0) is 34.5 Å². The molecule has 0 heterocycles. The van der Waals surface area contributed by atoms with Crippen molar-refractivity contribution in [2.75, 3.05) is 0 Å². The lowest BCUT2D eigenvalue weighted by atomic mass is 9.60. The first kappa shape index (κ1) is 25.9. The van der Waals surface area contributed by atoms with Crippen LogP contribution in [-0.4, -0.2) is 11.2 Å². The molecule has 0 amide bonds. The van der Waals surface area contributed by atoms with E-state index in [9.17, 15) is 0 Å². The van der Waals surface area contributed by atoms with Crippen LogP contribution in [0.5, 0.6) is 0 Å². The predicted octanol–water partition coefficient (Wildman–Crippen LogP) is 8.20. The molecule has 0 aliphatic carbocycles. The van der Waals surface area contributed by atoms with Gasteiger partial charge in [-0.15, -0.1) is 0 Å².